The van der Waals surface area contributed by atoms with E-state index in [1.807, 2.05) is 12.1 Å². The summed E-state index contributed by atoms with van der Waals surface area (Å²) in [5, 5.41) is 3.81. The van der Waals surface area contributed by atoms with Crippen LogP contribution in [0, 0.1) is 0 Å². The molecule has 2 rings (SSSR count). The van der Waals surface area contributed by atoms with Crippen molar-refractivity contribution >= 4 is 57.0 Å². The molecule has 4 nitrogen and oxygen atoms in total. The zero-order valence-corrected chi connectivity index (χ0v) is 12.3. The van der Waals surface area contributed by atoms with Gasteiger partial charge in [-0.3, -0.25) is 0 Å². The molecular weight excluding hydrogens is 315 g/mol. The summed E-state index contributed by atoms with van der Waals surface area (Å²) in [4.78, 5) is 16.8. The topological polar surface area (TPSA) is 51.2 Å². The number of ether oxygens (including phenoxy) is 1. The second-order valence-corrected chi connectivity index (χ2v) is 6.35. The monoisotopic (exact) mass is 322 g/mol. The summed E-state index contributed by atoms with van der Waals surface area (Å²) >= 11 is 14.3. The van der Waals surface area contributed by atoms with E-state index in [-0.39, 0.29) is 5.15 Å². The Morgan fingerprint density at radius 3 is 2.83 bits per heavy atom. The van der Waals surface area contributed by atoms with Gasteiger partial charge < -0.3 is 10.1 Å². The van der Waals surface area contributed by atoms with Gasteiger partial charge >= 0.3 is 5.97 Å². The van der Waals surface area contributed by atoms with Crippen LogP contribution in [0.4, 0.5) is 5.13 Å². The van der Waals surface area contributed by atoms with Crippen molar-refractivity contribution in [2.45, 2.75) is 6.54 Å². The Kier molecular flexibility index (Phi) is 4.45. The lowest BCUT2D eigenvalue weighted by Crippen LogP contribution is -1.98. The number of aromatic nitrogens is 1. The lowest BCUT2D eigenvalue weighted by molar-refractivity contribution is 0.0606. The van der Waals surface area contributed by atoms with E-state index in [9.17, 15) is 4.79 Å². The molecule has 2 aromatic heterocycles. The van der Waals surface area contributed by atoms with Crippen LogP contribution in [0.3, 0.4) is 0 Å². The standard InChI is InChI=1S/C10H8Cl2N2O2S2/c1-16-9(15)7-8(12)14-10(18-7)13-4-5-2-3-6(11)17-5/h2-3H,4H2,1H3,(H,13,14). The van der Waals surface area contributed by atoms with Gasteiger partial charge in [0.05, 0.1) is 18.0 Å². The minimum Gasteiger partial charge on any atom is -0.465 e. The number of thiophene rings is 1. The van der Waals surface area contributed by atoms with Crippen LogP contribution in [-0.2, 0) is 11.3 Å². The van der Waals surface area contributed by atoms with Crippen LogP contribution in [0.25, 0.3) is 0 Å². The van der Waals surface area contributed by atoms with Crippen LogP contribution >= 0.6 is 45.9 Å². The Hall–Kier alpha value is -0.820. The lowest BCUT2D eigenvalue weighted by atomic mass is 10.5. The molecule has 0 radical (unpaired) electrons. The normalized spacial score (nSPS) is 10.4. The number of thiazole rings is 1. The number of nitrogens with zero attached hydrogens (tertiary/aromatic N) is 1. The minimum absolute atomic E-state index is 0.151. The summed E-state index contributed by atoms with van der Waals surface area (Å²) in [5.41, 5.74) is 0. The fourth-order valence-corrected chi connectivity index (χ4v) is 3.33. The molecule has 0 aliphatic rings. The zero-order valence-electron chi connectivity index (χ0n) is 9.20. The van der Waals surface area contributed by atoms with Gasteiger partial charge in [0.1, 0.15) is 0 Å². The number of nitrogens with one attached hydrogen (secondary N) is 1. The zero-order chi connectivity index (χ0) is 13.1. The van der Waals surface area contributed by atoms with Crippen molar-refractivity contribution in [3.63, 3.8) is 0 Å². The first-order valence-corrected chi connectivity index (χ1v) is 7.21. The molecule has 0 unspecified atom stereocenters. The number of methoxy groups -OCH3 is 1. The predicted octanol–water partition coefficient (Wildman–Crippen LogP) is 3.91. The molecule has 2 heterocycles. The van der Waals surface area contributed by atoms with Gasteiger partial charge in [-0.2, -0.15) is 0 Å². The van der Waals surface area contributed by atoms with Crippen molar-refractivity contribution in [2.24, 2.45) is 0 Å². The molecule has 96 valence electrons. The minimum atomic E-state index is -0.482. The molecule has 0 aliphatic carbocycles. The molecule has 0 bridgehead atoms. The number of rotatable bonds is 4. The summed E-state index contributed by atoms with van der Waals surface area (Å²) in [6, 6.07) is 3.76. The Labute approximate surface area is 122 Å². The highest BCUT2D eigenvalue weighted by Gasteiger charge is 2.17. The number of esters is 1. The molecular formula is C10H8Cl2N2O2S2. The van der Waals surface area contributed by atoms with E-state index in [2.05, 4.69) is 15.0 Å². The van der Waals surface area contributed by atoms with Crippen LogP contribution in [0.5, 0.6) is 0 Å². The molecule has 0 saturated heterocycles. The summed E-state index contributed by atoms with van der Waals surface area (Å²) in [6.07, 6.45) is 0. The summed E-state index contributed by atoms with van der Waals surface area (Å²) in [6.45, 7) is 0.585. The quantitative estimate of drug-likeness (QED) is 0.867. The fourth-order valence-electron chi connectivity index (χ4n) is 1.21. The van der Waals surface area contributed by atoms with E-state index < -0.39 is 5.97 Å². The Morgan fingerprint density at radius 2 is 2.22 bits per heavy atom. The molecule has 18 heavy (non-hydrogen) atoms. The van der Waals surface area contributed by atoms with Gasteiger partial charge in [-0.25, -0.2) is 9.78 Å². The molecule has 1 N–H and O–H groups in total. The summed E-state index contributed by atoms with van der Waals surface area (Å²) < 4.78 is 5.34. The van der Waals surface area contributed by atoms with Gasteiger partial charge in [-0.05, 0) is 12.1 Å². The van der Waals surface area contributed by atoms with Crippen molar-refractivity contribution in [2.75, 3.05) is 12.4 Å². The first-order valence-electron chi connectivity index (χ1n) is 4.83. The first-order chi connectivity index (χ1) is 8.60. The maximum Gasteiger partial charge on any atom is 0.351 e. The number of hydrogen-bond donors (Lipinski definition) is 1. The number of carbonyl (C=O) groups excluding carboxylic acids is 1. The SMILES string of the molecule is COC(=O)c1sc(NCc2ccc(Cl)s2)nc1Cl. The number of hydrogen-bond acceptors (Lipinski definition) is 6. The van der Waals surface area contributed by atoms with Gasteiger partial charge in [-0.1, -0.05) is 34.5 Å². The second kappa shape index (κ2) is 5.88. The molecule has 0 aromatic carbocycles. The van der Waals surface area contributed by atoms with E-state index in [4.69, 9.17) is 23.2 Å². The van der Waals surface area contributed by atoms with Gasteiger partial charge in [0.25, 0.3) is 0 Å². The maximum atomic E-state index is 11.3. The summed E-state index contributed by atoms with van der Waals surface area (Å²) in [5.74, 6) is -0.482. The average molecular weight is 323 g/mol. The van der Waals surface area contributed by atoms with Crippen LogP contribution in [0.2, 0.25) is 9.49 Å². The molecule has 0 spiro atoms. The van der Waals surface area contributed by atoms with E-state index in [1.54, 1.807) is 0 Å². The molecule has 0 aliphatic heterocycles. The molecule has 0 amide bonds. The van der Waals surface area contributed by atoms with E-state index in [0.29, 0.717) is 16.6 Å². The molecule has 2 aromatic rings. The molecule has 0 fully saturated rings. The van der Waals surface area contributed by atoms with Crippen LogP contribution < -0.4 is 5.32 Å². The number of carbonyl (C=O) groups is 1. The van der Waals surface area contributed by atoms with Crippen molar-refractivity contribution < 1.29 is 9.53 Å². The van der Waals surface area contributed by atoms with Crippen LogP contribution in [0.15, 0.2) is 12.1 Å². The Balaban J connectivity index is 2.04. The lowest BCUT2D eigenvalue weighted by Gasteiger charge is -1.98. The van der Waals surface area contributed by atoms with E-state index >= 15 is 0 Å². The van der Waals surface area contributed by atoms with Crippen molar-refractivity contribution in [1.82, 2.24) is 4.98 Å². The smallest absolute Gasteiger partial charge is 0.351 e. The maximum absolute atomic E-state index is 11.3. The third kappa shape index (κ3) is 3.14. The predicted molar refractivity (Wildman–Crippen MR) is 75.1 cm³/mol. The first kappa shape index (κ1) is 13.6. The Morgan fingerprint density at radius 1 is 1.44 bits per heavy atom. The van der Waals surface area contributed by atoms with Gasteiger partial charge in [0.2, 0.25) is 0 Å². The van der Waals surface area contributed by atoms with Gasteiger partial charge in [0.15, 0.2) is 15.2 Å². The average Bonchev–Trinajstić information content (AvgIpc) is 2.92. The van der Waals surface area contributed by atoms with Gasteiger partial charge in [0, 0.05) is 4.88 Å². The number of anilines is 1. The van der Waals surface area contributed by atoms with Crippen molar-refractivity contribution in [3.8, 4) is 0 Å². The third-order valence-corrected chi connectivity index (χ3v) is 4.61. The van der Waals surface area contributed by atoms with Crippen molar-refractivity contribution in [1.29, 1.82) is 0 Å². The molecule has 8 heteroatoms. The van der Waals surface area contributed by atoms with E-state index in [1.165, 1.54) is 18.4 Å². The van der Waals surface area contributed by atoms with Crippen LogP contribution in [0.1, 0.15) is 14.5 Å². The highest BCUT2D eigenvalue weighted by molar-refractivity contribution is 7.18. The second-order valence-electron chi connectivity index (χ2n) is 3.19. The number of halogens is 2. The van der Waals surface area contributed by atoms with Crippen LogP contribution in [-0.4, -0.2) is 18.1 Å². The molecule has 0 saturated carbocycles. The van der Waals surface area contributed by atoms with Gasteiger partial charge in [-0.15, -0.1) is 11.3 Å². The fraction of sp³-hybridized carbons (Fsp3) is 0.200. The highest BCUT2D eigenvalue weighted by atomic mass is 35.5. The highest BCUT2D eigenvalue weighted by Crippen LogP contribution is 2.28. The van der Waals surface area contributed by atoms with E-state index in [0.717, 1.165) is 20.6 Å². The van der Waals surface area contributed by atoms with Crippen molar-refractivity contribution in [3.05, 3.63) is 31.4 Å². The Bertz CT molecular complexity index is 568. The summed E-state index contributed by atoms with van der Waals surface area (Å²) in [7, 11) is 1.30. The third-order valence-electron chi connectivity index (χ3n) is 2.00. The molecule has 0 atom stereocenters. The largest absolute Gasteiger partial charge is 0.465 e.